The quantitative estimate of drug-likeness (QED) is 0.598. The minimum Gasteiger partial charge on any atom is -0.356 e. The van der Waals surface area contributed by atoms with Crippen LogP contribution in [-0.4, -0.2) is 73.5 Å². The molecule has 0 unspecified atom stereocenters. The maximum Gasteiger partial charge on any atom is 0.224 e. The molecule has 1 amide bonds. The van der Waals surface area contributed by atoms with Gasteiger partial charge in [-0.15, -0.1) is 0 Å². The van der Waals surface area contributed by atoms with Gasteiger partial charge < -0.3 is 20.0 Å². The van der Waals surface area contributed by atoms with E-state index < -0.39 is 0 Å². The van der Waals surface area contributed by atoms with Crippen LogP contribution in [-0.2, 0) is 11.3 Å². The van der Waals surface area contributed by atoms with Crippen molar-refractivity contribution in [1.29, 1.82) is 0 Å². The second kappa shape index (κ2) is 10.5. The SMILES string of the molecule is CN=C(NCCC(=O)N(C)Cc1ccccc1)N1CCN(c2ccccn2)CC1. The number of anilines is 1. The average Bonchev–Trinajstić information content (AvgIpc) is 2.78. The number of piperazine rings is 1. The van der Waals surface area contributed by atoms with Gasteiger partial charge in [-0.2, -0.15) is 0 Å². The van der Waals surface area contributed by atoms with E-state index in [1.165, 1.54) is 0 Å². The van der Waals surface area contributed by atoms with E-state index in [9.17, 15) is 4.79 Å². The van der Waals surface area contributed by atoms with Crippen molar-refractivity contribution in [2.24, 2.45) is 4.99 Å². The van der Waals surface area contributed by atoms with Crippen molar-refractivity contribution in [2.75, 3.05) is 51.7 Å². The van der Waals surface area contributed by atoms with Crippen molar-refractivity contribution in [1.82, 2.24) is 20.1 Å². The lowest BCUT2D eigenvalue weighted by atomic mass is 10.2. The summed E-state index contributed by atoms with van der Waals surface area (Å²) >= 11 is 0. The number of amides is 1. The highest BCUT2D eigenvalue weighted by Crippen LogP contribution is 2.12. The molecule has 2 aromatic rings. The third-order valence-electron chi connectivity index (χ3n) is 5.07. The molecule has 0 spiro atoms. The van der Waals surface area contributed by atoms with E-state index in [1.54, 1.807) is 11.9 Å². The molecule has 1 aliphatic rings. The molecule has 7 heteroatoms. The molecule has 0 bridgehead atoms. The molecule has 1 saturated heterocycles. The molecule has 1 aliphatic heterocycles. The van der Waals surface area contributed by atoms with Crippen molar-refractivity contribution in [3.63, 3.8) is 0 Å². The summed E-state index contributed by atoms with van der Waals surface area (Å²) in [7, 11) is 3.64. The van der Waals surface area contributed by atoms with Gasteiger partial charge in [0.15, 0.2) is 5.96 Å². The standard InChI is InChI=1S/C22H30N6O/c1-23-22(28-16-14-27(15-17-28)20-10-6-7-12-24-20)25-13-11-21(29)26(2)18-19-8-4-3-5-9-19/h3-10,12H,11,13-18H2,1-2H3,(H,23,25). The van der Waals surface area contributed by atoms with Crippen molar-refractivity contribution in [3.05, 3.63) is 60.3 Å². The summed E-state index contributed by atoms with van der Waals surface area (Å²) < 4.78 is 0. The number of nitrogens with one attached hydrogen (secondary N) is 1. The molecule has 0 atom stereocenters. The number of guanidine groups is 1. The van der Waals surface area contributed by atoms with Crippen LogP contribution < -0.4 is 10.2 Å². The fourth-order valence-corrected chi connectivity index (χ4v) is 3.44. The van der Waals surface area contributed by atoms with Gasteiger partial charge in [-0.05, 0) is 17.7 Å². The van der Waals surface area contributed by atoms with Gasteiger partial charge >= 0.3 is 0 Å². The predicted octanol–water partition coefficient (Wildman–Crippen LogP) is 1.83. The van der Waals surface area contributed by atoms with Crippen molar-refractivity contribution >= 4 is 17.7 Å². The fraction of sp³-hybridized carbons (Fsp3) is 0.409. The summed E-state index contributed by atoms with van der Waals surface area (Å²) in [6.45, 7) is 4.75. The van der Waals surface area contributed by atoms with Crippen LogP contribution in [0.3, 0.4) is 0 Å². The maximum absolute atomic E-state index is 12.4. The number of nitrogens with zero attached hydrogens (tertiary/aromatic N) is 5. The Labute approximate surface area is 173 Å². The van der Waals surface area contributed by atoms with Gasteiger partial charge in [0.2, 0.25) is 5.91 Å². The molecule has 0 aliphatic carbocycles. The fourth-order valence-electron chi connectivity index (χ4n) is 3.44. The van der Waals surface area contributed by atoms with E-state index in [2.05, 4.69) is 25.1 Å². The average molecular weight is 395 g/mol. The van der Waals surface area contributed by atoms with Crippen LogP contribution in [0.5, 0.6) is 0 Å². The van der Waals surface area contributed by atoms with Gasteiger partial charge in [0.05, 0.1) is 0 Å². The van der Waals surface area contributed by atoms with Crippen LogP contribution >= 0.6 is 0 Å². The van der Waals surface area contributed by atoms with Gasteiger partial charge in [0, 0.05) is 66.0 Å². The summed E-state index contributed by atoms with van der Waals surface area (Å²) in [6, 6.07) is 16.0. The Morgan fingerprint density at radius 1 is 1.10 bits per heavy atom. The first kappa shape index (κ1) is 20.6. The monoisotopic (exact) mass is 394 g/mol. The highest BCUT2D eigenvalue weighted by atomic mass is 16.2. The Bertz CT molecular complexity index is 787. The molecule has 1 N–H and O–H groups in total. The van der Waals surface area contributed by atoms with Gasteiger partial charge in [0.1, 0.15) is 5.82 Å². The minimum atomic E-state index is 0.122. The maximum atomic E-state index is 12.4. The molecule has 2 heterocycles. The molecule has 0 radical (unpaired) electrons. The second-order valence-corrected chi connectivity index (χ2v) is 7.12. The number of hydrogen-bond acceptors (Lipinski definition) is 4. The Morgan fingerprint density at radius 3 is 2.48 bits per heavy atom. The number of rotatable bonds is 6. The molecular weight excluding hydrogens is 364 g/mol. The molecule has 7 nitrogen and oxygen atoms in total. The summed E-state index contributed by atoms with van der Waals surface area (Å²) in [4.78, 5) is 27.5. The Morgan fingerprint density at radius 2 is 1.83 bits per heavy atom. The number of hydrogen-bond donors (Lipinski definition) is 1. The molecule has 1 aromatic carbocycles. The first-order valence-electron chi connectivity index (χ1n) is 10.1. The third-order valence-corrected chi connectivity index (χ3v) is 5.07. The Hall–Kier alpha value is -3.09. The van der Waals surface area contributed by atoms with Gasteiger partial charge in [-0.25, -0.2) is 4.98 Å². The number of aromatic nitrogens is 1. The second-order valence-electron chi connectivity index (χ2n) is 7.12. The van der Waals surface area contributed by atoms with Crippen LogP contribution in [0.2, 0.25) is 0 Å². The van der Waals surface area contributed by atoms with Crippen molar-refractivity contribution in [2.45, 2.75) is 13.0 Å². The molecule has 1 fully saturated rings. The number of carbonyl (C=O) groups is 1. The number of pyridine rings is 1. The van der Waals surface area contributed by atoms with Gasteiger partial charge in [0.25, 0.3) is 0 Å². The smallest absolute Gasteiger partial charge is 0.224 e. The van der Waals surface area contributed by atoms with Gasteiger partial charge in [-0.3, -0.25) is 9.79 Å². The molecule has 0 saturated carbocycles. The predicted molar refractivity (Wildman–Crippen MR) is 117 cm³/mol. The third kappa shape index (κ3) is 5.94. The van der Waals surface area contributed by atoms with E-state index in [4.69, 9.17) is 0 Å². The highest BCUT2D eigenvalue weighted by Gasteiger charge is 2.20. The zero-order valence-electron chi connectivity index (χ0n) is 17.3. The van der Waals surface area contributed by atoms with Crippen LogP contribution in [0.1, 0.15) is 12.0 Å². The Balaban J connectivity index is 1.41. The lowest BCUT2D eigenvalue weighted by Crippen LogP contribution is -2.53. The van der Waals surface area contributed by atoms with Crippen LogP contribution in [0, 0.1) is 0 Å². The van der Waals surface area contributed by atoms with Crippen LogP contribution in [0.4, 0.5) is 5.82 Å². The van der Waals surface area contributed by atoms with Crippen LogP contribution in [0.25, 0.3) is 0 Å². The normalized spacial score (nSPS) is 14.6. The zero-order valence-corrected chi connectivity index (χ0v) is 17.3. The van der Waals surface area contributed by atoms with Crippen LogP contribution in [0.15, 0.2) is 59.7 Å². The summed E-state index contributed by atoms with van der Waals surface area (Å²) in [5.41, 5.74) is 1.14. The number of aliphatic imine (C=N–C) groups is 1. The van der Waals surface area contributed by atoms with E-state index >= 15 is 0 Å². The van der Waals surface area contributed by atoms with E-state index in [0.717, 1.165) is 43.5 Å². The minimum absolute atomic E-state index is 0.122. The number of benzene rings is 1. The zero-order chi connectivity index (χ0) is 20.5. The summed E-state index contributed by atoms with van der Waals surface area (Å²) in [5.74, 6) is 1.99. The van der Waals surface area contributed by atoms with Crippen molar-refractivity contribution in [3.8, 4) is 0 Å². The first-order chi connectivity index (χ1) is 14.2. The topological polar surface area (TPSA) is 64.1 Å². The van der Waals surface area contributed by atoms with E-state index in [0.29, 0.717) is 19.5 Å². The molecule has 3 rings (SSSR count). The Kier molecular flexibility index (Phi) is 7.44. The van der Waals surface area contributed by atoms with Crippen molar-refractivity contribution < 1.29 is 4.79 Å². The largest absolute Gasteiger partial charge is 0.356 e. The molecular formula is C22H30N6O. The summed E-state index contributed by atoms with van der Waals surface area (Å²) in [6.07, 6.45) is 2.27. The molecule has 154 valence electrons. The molecule has 1 aromatic heterocycles. The lowest BCUT2D eigenvalue weighted by Gasteiger charge is -2.37. The van der Waals surface area contributed by atoms with E-state index in [-0.39, 0.29) is 5.91 Å². The van der Waals surface area contributed by atoms with Gasteiger partial charge in [-0.1, -0.05) is 36.4 Å². The van der Waals surface area contributed by atoms with E-state index in [1.807, 2.05) is 61.8 Å². The summed E-state index contributed by atoms with van der Waals surface area (Å²) in [5, 5.41) is 3.34. The molecule has 29 heavy (non-hydrogen) atoms. The number of carbonyl (C=O) groups excluding carboxylic acids is 1. The highest BCUT2D eigenvalue weighted by molar-refractivity contribution is 5.81. The first-order valence-corrected chi connectivity index (χ1v) is 10.1. The lowest BCUT2D eigenvalue weighted by molar-refractivity contribution is -0.130.